The van der Waals surface area contributed by atoms with Gasteiger partial charge in [0.05, 0.1) is 12.0 Å². The van der Waals surface area contributed by atoms with Gasteiger partial charge in [0.25, 0.3) is 0 Å². The van der Waals surface area contributed by atoms with Crippen LogP contribution in [0.4, 0.5) is 13.2 Å². The maximum Gasteiger partial charge on any atom is 0.518 e. The second kappa shape index (κ2) is 4.09. The largest absolute Gasteiger partial charge is 0.861 e. The minimum atomic E-state index is -5.96. The molecule has 0 aromatic heterocycles. The van der Waals surface area contributed by atoms with Gasteiger partial charge in [0, 0.05) is 11.8 Å². The van der Waals surface area contributed by atoms with Crippen molar-refractivity contribution in [3.05, 3.63) is 0 Å². The summed E-state index contributed by atoms with van der Waals surface area (Å²) in [6, 6.07) is 0. The molecule has 3 aliphatic rings. The number of aliphatic hydroxyl groups is 1. The van der Waals surface area contributed by atoms with Gasteiger partial charge in [-0.2, -0.15) is 26.0 Å². The average Bonchev–Trinajstić information content (AvgIpc) is 2.90. The fourth-order valence-corrected chi connectivity index (χ4v) is 4.05. The van der Waals surface area contributed by atoms with Gasteiger partial charge in [-0.15, -0.1) is 0 Å². The number of esters is 1. The van der Waals surface area contributed by atoms with E-state index in [1.807, 2.05) is 0 Å². The SMILES string of the molecule is O=C1OC2C(O)C3CC2C1C3/C([O-])=N/S(=O)(=O)C(F)(F)F. The van der Waals surface area contributed by atoms with Gasteiger partial charge in [-0.1, -0.05) is 0 Å². The lowest BCUT2D eigenvalue weighted by atomic mass is 9.78. The Morgan fingerprint density at radius 2 is 2.00 bits per heavy atom. The molecule has 21 heavy (non-hydrogen) atoms. The molecule has 1 aliphatic heterocycles. The Hall–Kier alpha value is -1.36. The molecular formula is C10H9F3NO6S-. The topological polar surface area (TPSA) is 116 Å². The molecule has 0 amide bonds. The second-order valence-corrected chi connectivity index (χ2v) is 6.95. The smallest absolute Gasteiger partial charge is 0.518 e. The molecule has 2 saturated carbocycles. The van der Waals surface area contributed by atoms with Crippen molar-refractivity contribution >= 4 is 21.9 Å². The highest BCUT2D eigenvalue weighted by Crippen LogP contribution is 2.57. The Kier molecular flexibility index (Phi) is 2.84. The Labute approximate surface area is 116 Å². The van der Waals surface area contributed by atoms with Gasteiger partial charge in [0.2, 0.25) is 0 Å². The van der Waals surface area contributed by atoms with Crippen molar-refractivity contribution < 1.29 is 41.3 Å². The molecule has 2 aliphatic carbocycles. The highest BCUT2D eigenvalue weighted by Gasteiger charge is 2.66. The van der Waals surface area contributed by atoms with E-state index in [9.17, 15) is 36.6 Å². The first-order chi connectivity index (χ1) is 9.54. The number of halogens is 3. The zero-order chi connectivity index (χ0) is 15.7. The van der Waals surface area contributed by atoms with Crippen LogP contribution >= 0.6 is 0 Å². The summed E-state index contributed by atoms with van der Waals surface area (Å²) in [6.07, 6.45) is -1.73. The molecule has 6 atom stereocenters. The highest BCUT2D eigenvalue weighted by molar-refractivity contribution is 7.91. The van der Waals surface area contributed by atoms with Crippen molar-refractivity contribution in [2.75, 3.05) is 0 Å². The number of ether oxygens (including phenoxy) is 1. The van der Waals surface area contributed by atoms with Gasteiger partial charge in [-0.3, -0.25) is 4.79 Å². The third-order valence-corrected chi connectivity index (χ3v) is 5.37. The highest BCUT2D eigenvalue weighted by atomic mass is 32.2. The minimum Gasteiger partial charge on any atom is -0.861 e. The van der Waals surface area contributed by atoms with Crippen molar-refractivity contribution in [3.63, 3.8) is 0 Å². The first-order valence-electron chi connectivity index (χ1n) is 6.01. The molecule has 1 N–H and O–H groups in total. The maximum atomic E-state index is 12.2. The van der Waals surface area contributed by atoms with Crippen LogP contribution in [0.5, 0.6) is 0 Å². The fourth-order valence-electron chi connectivity index (χ4n) is 3.59. The lowest BCUT2D eigenvalue weighted by Gasteiger charge is -2.31. The molecule has 118 valence electrons. The quantitative estimate of drug-likeness (QED) is 0.385. The number of sulfonamides is 1. The van der Waals surface area contributed by atoms with Crippen LogP contribution in [0.3, 0.4) is 0 Å². The lowest BCUT2D eigenvalue weighted by Crippen LogP contribution is -2.45. The Balaban J connectivity index is 1.96. The third kappa shape index (κ3) is 1.86. The van der Waals surface area contributed by atoms with Crippen molar-refractivity contribution in [2.45, 2.75) is 24.1 Å². The molecule has 0 spiro atoms. The normalized spacial score (nSPS) is 42.5. The average molecular weight is 328 g/mol. The molecule has 1 heterocycles. The van der Waals surface area contributed by atoms with Crippen LogP contribution in [0.2, 0.25) is 0 Å². The number of fused-ring (bicyclic) bond motifs is 1. The number of hydrogen-bond acceptors (Lipinski definition) is 6. The molecule has 1 saturated heterocycles. The van der Waals surface area contributed by atoms with Crippen LogP contribution in [0, 0.1) is 23.7 Å². The lowest BCUT2D eigenvalue weighted by molar-refractivity contribution is -0.228. The molecule has 6 unspecified atom stereocenters. The van der Waals surface area contributed by atoms with E-state index in [2.05, 4.69) is 4.40 Å². The van der Waals surface area contributed by atoms with Gasteiger partial charge < -0.3 is 14.9 Å². The zero-order valence-electron chi connectivity index (χ0n) is 10.1. The van der Waals surface area contributed by atoms with Crippen molar-refractivity contribution in [2.24, 2.45) is 28.1 Å². The number of alkyl halides is 3. The number of aliphatic hydroxyl groups excluding tert-OH is 1. The molecular weight excluding hydrogens is 319 g/mol. The Morgan fingerprint density at radius 1 is 1.38 bits per heavy atom. The van der Waals surface area contributed by atoms with Gasteiger partial charge >= 0.3 is 21.5 Å². The number of rotatable bonds is 2. The number of carbonyl (C=O) groups excluding carboxylic acids is 1. The predicted molar refractivity (Wildman–Crippen MR) is 56.9 cm³/mol. The van der Waals surface area contributed by atoms with Crippen LogP contribution in [0.15, 0.2) is 4.40 Å². The van der Waals surface area contributed by atoms with E-state index < -0.39 is 63.3 Å². The summed E-state index contributed by atoms with van der Waals surface area (Å²) in [5.74, 6) is -6.05. The fraction of sp³-hybridized carbons (Fsp3) is 0.800. The summed E-state index contributed by atoms with van der Waals surface area (Å²) in [4.78, 5) is 11.6. The molecule has 0 radical (unpaired) electrons. The summed E-state index contributed by atoms with van der Waals surface area (Å²) in [7, 11) is -5.96. The first-order valence-corrected chi connectivity index (χ1v) is 7.45. The predicted octanol–water partition coefficient (Wildman–Crippen LogP) is -1.24. The summed E-state index contributed by atoms with van der Waals surface area (Å²) >= 11 is 0. The van der Waals surface area contributed by atoms with Crippen LogP contribution in [0.1, 0.15) is 6.42 Å². The Morgan fingerprint density at radius 3 is 2.57 bits per heavy atom. The zero-order valence-corrected chi connectivity index (χ0v) is 11.0. The van der Waals surface area contributed by atoms with E-state index in [0.717, 1.165) is 0 Å². The van der Waals surface area contributed by atoms with E-state index in [0.29, 0.717) is 0 Å². The summed E-state index contributed by atoms with van der Waals surface area (Å²) in [6.45, 7) is 0. The number of carbonyl (C=O) groups is 1. The first kappa shape index (κ1) is 14.6. The van der Waals surface area contributed by atoms with E-state index in [1.165, 1.54) is 0 Å². The van der Waals surface area contributed by atoms with Crippen LogP contribution in [0.25, 0.3) is 0 Å². The molecule has 7 nitrogen and oxygen atoms in total. The van der Waals surface area contributed by atoms with Gasteiger partial charge in [-0.05, 0) is 18.2 Å². The molecule has 3 fully saturated rings. The van der Waals surface area contributed by atoms with Gasteiger partial charge in [0.15, 0.2) is 0 Å². The van der Waals surface area contributed by atoms with Crippen LogP contribution in [-0.2, 0) is 19.6 Å². The van der Waals surface area contributed by atoms with Crippen molar-refractivity contribution in [1.82, 2.24) is 0 Å². The van der Waals surface area contributed by atoms with Crippen LogP contribution in [-0.4, -0.2) is 43.1 Å². The number of hydrogen-bond donors (Lipinski definition) is 1. The van der Waals surface area contributed by atoms with E-state index in [4.69, 9.17) is 4.74 Å². The number of nitrogens with zero attached hydrogens (tertiary/aromatic N) is 1. The van der Waals surface area contributed by atoms with E-state index >= 15 is 0 Å². The van der Waals surface area contributed by atoms with Gasteiger partial charge in [0.1, 0.15) is 6.10 Å². The van der Waals surface area contributed by atoms with E-state index in [-0.39, 0.29) is 6.42 Å². The molecule has 0 aromatic rings. The van der Waals surface area contributed by atoms with Crippen molar-refractivity contribution in [3.8, 4) is 0 Å². The molecule has 0 aromatic carbocycles. The molecule has 3 rings (SSSR count). The molecule has 11 heteroatoms. The van der Waals surface area contributed by atoms with Crippen LogP contribution < -0.4 is 5.11 Å². The molecule has 2 bridgehead atoms. The summed E-state index contributed by atoms with van der Waals surface area (Å²) in [5.41, 5.74) is -5.68. The van der Waals surface area contributed by atoms with E-state index in [1.54, 1.807) is 0 Å². The second-order valence-electron chi connectivity index (χ2n) is 5.36. The summed E-state index contributed by atoms with van der Waals surface area (Å²) < 4.78 is 65.6. The third-order valence-electron chi connectivity index (χ3n) is 4.36. The van der Waals surface area contributed by atoms with Crippen molar-refractivity contribution in [1.29, 1.82) is 0 Å². The summed E-state index contributed by atoms with van der Waals surface area (Å²) in [5, 5.41) is 21.7. The monoisotopic (exact) mass is 328 g/mol. The maximum absolute atomic E-state index is 12.2. The standard InChI is InChI=1S/C10H10F3NO6S/c11-10(12,13)21(18,19)14-8(16)4-2-1-3-5(4)9(17)20-7(3)6(2)15/h2-7,15H,1H2,(H,14,16)/p-1. The minimum absolute atomic E-state index is 0.222. The van der Waals surface area contributed by atoms with Gasteiger partial charge in [-0.25, -0.2) is 0 Å². The Bertz CT molecular complexity index is 629.